The molecule has 0 radical (unpaired) electrons. The normalized spacial score (nSPS) is 16.6. The number of esters is 1. The Morgan fingerprint density at radius 3 is 2.54 bits per heavy atom. The van der Waals surface area contributed by atoms with Crippen molar-refractivity contribution in [3.63, 3.8) is 0 Å². The minimum atomic E-state index is -0.429. The Hall–Kier alpha value is -3.39. The molecule has 0 spiro atoms. The van der Waals surface area contributed by atoms with Crippen LogP contribution < -0.4 is 11.3 Å². The number of aldehydes is 1. The Morgan fingerprint density at radius 2 is 1.86 bits per heavy atom. The Kier molecular flexibility index (Phi) is 6.85. The summed E-state index contributed by atoms with van der Waals surface area (Å²) < 4.78 is 21.6. The van der Waals surface area contributed by atoms with Gasteiger partial charge in [-0.2, -0.15) is 0 Å². The van der Waals surface area contributed by atoms with Gasteiger partial charge in [0.25, 0.3) is 5.56 Å². The number of pyridine rings is 2. The molecule has 0 saturated heterocycles. The van der Waals surface area contributed by atoms with Crippen LogP contribution in [-0.4, -0.2) is 28.9 Å². The summed E-state index contributed by atoms with van der Waals surface area (Å²) in [6.45, 7) is 5.69. The highest BCUT2D eigenvalue weighted by molar-refractivity contribution is 5.92. The molecule has 1 atom stereocenters. The molecule has 1 aliphatic carbocycles. The van der Waals surface area contributed by atoms with E-state index in [1.54, 1.807) is 4.57 Å². The van der Waals surface area contributed by atoms with Crippen LogP contribution in [0.15, 0.2) is 16.9 Å². The fraction of sp³-hybridized carbons (Fsp3) is 0.407. The highest BCUT2D eigenvalue weighted by atomic mass is 19.1. The Labute approximate surface area is 203 Å². The molecule has 4 heterocycles. The number of aryl methyl sites for hydroxylation is 2. The highest BCUT2D eigenvalue weighted by Gasteiger charge is 2.35. The van der Waals surface area contributed by atoms with Gasteiger partial charge in [0.1, 0.15) is 18.7 Å². The van der Waals surface area contributed by atoms with Gasteiger partial charge in [0, 0.05) is 17.0 Å². The van der Waals surface area contributed by atoms with Crippen molar-refractivity contribution in [1.29, 1.82) is 0 Å². The third-order valence-electron chi connectivity index (χ3n) is 7.09. The standard InChI is InChI=1S/C24H21FN2O3.C2H4O.CH5N/c1-3-12-15-7-20-22-16(9-27(20)23(28)17(15)10-30-24(12)29)14-6-4-5-13-11(2)18(25)8-19(26-22)21(13)14;1-2-3;1-2/h7-8,12H,3-6,9-10H2,1-2H3;2H,1H3;2H2,1H3. The molecule has 3 aliphatic rings. The van der Waals surface area contributed by atoms with Gasteiger partial charge in [0.2, 0.25) is 0 Å². The van der Waals surface area contributed by atoms with Crippen LogP contribution in [-0.2, 0) is 40.3 Å². The van der Waals surface area contributed by atoms with Gasteiger partial charge in [0.15, 0.2) is 0 Å². The van der Waals surface area contributed by atoms with Gasteiger partial charge in [-0.25, -0.2) is 9.37 Å². The molecule has 0 saturated carbocycles. The van der Waals surface area contributed by atoms with Crippen molar-refractivity contribution in [2.75, 3.05) is 7.05 Å². The van der Waals surface area contributed by atoms with Crippen molar-refractivity contribution < 1.29 is 18.7 Å². The van der Waals surface area contributed by atoms with Crippen LogP contribution in [0.3, 0.4) is 0 Å². The van der Waals surface area contributed by atoms with E-state index >= 15 is 0 Å². The van der Waals surface area contributed by atoms with Crippen LogP contribution in [0.1, 0.15) is 66.0 Å². The molecule has 8 heteroatoms. The second-order valence-electron chi connectivity index (χ2n) is 8.79. The molecular weight excluding hydrogens is 449 g/mol. The van der Waals surface area contributed by atoms with E-state index in [0.29, 0.717) is 29.6 Å². The maximum absolute atomic E-state index is 14.6. The van der Waals surface area contributed by atoms with Crippen molar-refractivity contribution in [3.05, 3.63) is 61.7 Å². The molecule has 1 aromatic carbocycles. The van der Waals surface area contributed by atoms with Crippen LogP contribution in [0.4, 0.5) is 4.39 Å². The van der Waals surface area contributed by atoms with E-state index in [-0.39, 0.29) is 24.0 Å². The fourth-order valence-corrected chi connectivity index (χ4v) is 5.54. The van der Waals surface area contributed by atoms with E-state index in [9.17, 15) is 14.0 Å². The van der Waals surface area contributed by atoms with E-state index in [4.69, 9.17) is 14.5 Å². The maximum Gasteiger partial charge on any atom is 0.313 e. The molecule has 2 aromatic heterocycles. The number of carbonyl (C=O) groups excluding carboxylic acids is 2. The summed E-state index contributed by atoms with van der Waals surface area (Å²) in [7, 11) is 1.50. The largest absolute Gasteiger partial charge is 0.460 e. The van der Waals surface area contributed by atoms with Gasteiger partial charge in [-0.15, -0.1) is 0 Å². The Balaban J connectivity index is 0.000000539. The predicted octanol–water partition coefficient (Wildman–Crippen LogP) is 3.69. The number of benzene rings is 1. The lowest BCUT2D eigenvalue weighted by Gasteiger charge is -2.24. The Bertz CT molecular complexity index is 1410. The van der Waals surface area contributed by atoms with Gasteiger partial charge in [-0.05, 0) is 74.9 Å². The number of carbonyl (C=O) groups is 2. The van der Waals surface area contributed by atoms with E-state index < -0.39 is 5.92 Å². The number of fused-ring (bicyclic) bond motifs is 5. The van der Waals surface area contributed by atoms with Crippen LogP contribution in [0.5, 0.6) is 0 Å². The second kappa shape index (κ2) is 9.70. The summed E-state index contributed by atoms with van der Waals surface area (Å²) in [4.78, 5) is 39.2. The highest BCUT2D eigenvalue weighted by Crippen LogP contribution is 2.42. The summed E-state index contributed by atoms with van der Waals surface area (Å²) in [6.07, 6.45) is 4.05. The first-order valence-electron chi connectivity index (χ1n) is 12.0. The first kappa shape index (κ1) is 24.7. The van der Waals surface area contributed by atoms with E-state index in [0.717, 1.165) is 59.0 Å². The summed E-state index contributed by atoms with van der Waals surface area (Å²) in [5, 5.41) is 1.06. The van der Waals surface area contributed by atoms with Gasteiger partial charge in [-0.3, -0.25) is 9.59 Å². The first-order valence-corrected chi connectivity index (χ1v) is 12.0. The molecule has 7 nitrogen and oxygen atoms in total. The molecule has 1 unspecified atom stereocenters. The topological polar surface area (TPSA) is 104 Å². The fourth-order valence-electron chi connectivity index (χ4n) is 5.54. The lowest BCUT2D eigenvalue weighted by molar-refractivity contribution is -0.148. The number of hydrogen-bond acceptors (Lipinski definition) is 6. The third-order valence-corrected chi connectivity index (χ3v) is 7.09. The van der Waals surface area contributed by atoms with Crippen LogP contribution in [0, 0.1) is 12.7 Å². The second-order valence-corrected chi connectivity index (χ2v) is 8.79. The van der Waals surface area contributed by atoms with E-state index in [1.165, 1.54) is 25.6 Å². The van der Waals surface area contributed by atoms with Gasteiger partial charge in [-0.1, -0.05) is 6.92 Å². The molecule has 0 bridgehead atoms. The van der Waals surface area contributed by atoms with Gasteiger partial charge >= 0.3 is 5.97 Å². The molecule has 3 aromatic rings. The summed E-state index contributed by atoms with van der Waals surface area (Å²) in [5.41, 5.74) is 11.9. The molecule has 0 amide bonds. The average Bonchev–Trinajstić information content (AvgIpc) is 3.23. The van der Waals surface area contributed by atoms with Gasteiger partial charge < -0.3 is 19.8 Å². The van der Waals surface area contributed by atoms with Crippen LogP contribution in [0.2, 0.25) is 0 Å². The molecule has 2 N–H and O–H groups in total. The van der Waals surface area contributed by atoms with Crippen LogP contribution in [0.25, 0.3) is 22.3 Å². The Morgan fingerprint density at radius 1 is 1.17 bits per heavy atom. The zero-order valence-electron chi connectivity index (χ0n) is 20.5. The number of halogens is 1. The van der Waals surface area contributed by atoms with Crippen molar-refractivity contribution in [2.24, 2.45) is 5.73 Å². The summed E-state index contributed by atoms with van der Waals surface area (Å²) >= 11 is 0. The smallest absolute Gasteiger partial charge is 0.313 e. The zero-order valence-corrected chi connectivity index (χ0v) is 20.5. The SMILES string of the molecule is CC=O.CCC1C(=O)OCc2c1cc1n(c2=O)Cc2c-1nc1cc(F)c(C)c3c1c2CCC3.CN. The molecule has 2 aliphatic heterocycles. The third kappa shape index (κ3) is 3.76. The number of ether oxygens (including phenoxy) is 1. The van der Waals surface area contributed by atoms with Crippen molar-refractivity contribution in [1.82, 2.24) is 9.55 Å². The maximum atomic E-state index is 14.6. The number of aromatic nitrogens is 2. The number of nitrogens with two attached hydrogens (primary N) is 1. The number of cyclic esters (lactones) is 1. The monoisotopic (exact) mass is 479 g/mol. The predicted molar refractivity (Wildman–Crippen MR) is 132 cm³/mol. The van der Waals surface area contributed by atoms with Crippen LogP contribution >= 0.6 is 0 Å². The zero-order chi connectivity index (χ0) is 25.4. The number of nitrogens with zero attached hydrogens (tertiary/aromatic N) is 2. The molecular formula is C27H30FN3O4. The quantitative estimate of drug-likeness (QED) is 0.330. The number of hydrogen-bond donors (Lipinski definition) is 1. The minimum absolute atomic E-state index is 0.0247. The van der Waals surface area contributed by atoms with E-state index in [1.807, 2.05) is 19.9 Å². The lowest BCUT2D eigenvalue weighted by atomic mass is 9.84. The van der Waals surface area contributed by atoms with Crippen molar-refractivity contribution >= 4 is 23.2 Å². The molecule has 35 heavy (non-hydrogen) atoms. The molecule has 184 valence electrons. The minimum Gasteiger partial charge on any atom is -0.460 e. The number of rotatable bonds is 1. The molecule has 0 fully saturated rings. The van der Waals surface area contributed by atoms with Crippen molar-refractivity contribution in [3.8, 4) is 11.4 Å². The van der Waals surface area contributed by atoms with Crippen molar-refractivity contribution in [2.45, 2.75) is 65.5 Å². The lowest BCUT2D eigenvalue weighted by Crippen LogP contribution is -2.32. The van der Waals surface area contributed by atoms with Gasteiger partial charge in [0.05, 0.1) is 34.9 Å². The average molecular weight is 480 g/mol. The molecule has 6 rings (SSSR count). The summed E-state index contributed by atoms with van der Waals surface area (Å²) in [5.74, 6) is -0.939. The first-order chi connectivity index (χ1) is 16.9. The summed E-state index contributed by atoms with van der Waals surface area (Å²) in [6, 6.07) is 3.46. The van der Waals surface area contributed by atoms with E-state index in [2.05, 4.69) is 5.73 Å².